The van der Waals surface area contributed by atoms with E-state index in [1.54, 1.807) is 21.0 Å². The summed E-state index contributed by atoms with van der Waals surface area (Å²) in [5.41, 5.74) is 3.48. The number of nitrogens with zero attached hydrogens (tertiary/aromatic N) is 10. The van der Waals surface area contributed by atoms with Gasteiger partial charge in [-0.25, -0.2) is 34.1 Å². The summed E-state index contributed by atoms with van der Waals surface area (Å²) in [7, 11) is 0. The van der Waals surface area contributed by atoms with Gasteiger partial charge in [-0.05, 0) is 64.9 Å². The Kier molecular flexibility index (Phi) is 20.9. The average Bonchev–Trinajstić information content (AvgIpc) is 3.04. The third-order valence-corrected chi connectivity index (χ3v) is 16.5. The van der Waals surface area contributed by atoms with Crippen molar-refractivity contribution in [3.05, 3.63) is 130 Å². The number of guanidine groups is 1. The first kappa shape index (κ1) is 66.4. The first-order valence-corrected chi connectivity index (χ1v) is 29.8. The van der Waals surface area contributed by atoms with Gasteiger partial charge in [-0.2, -0.15) is 11.0 Å². The third-order valence-electron chi connectivity index (χ3n) is 16.5. The number of aromatic carboxylic acids is 3. The SMILES string of the molecule is C1CCNCC1.CC1COc2c(F)c(F)cc3c(=O)c(C(=O)O)cn1c23.CC1COc2c(N3CCNCC3)c(F)cc3c(=O)c(C(=O)O)cn1c23.[C-]#[N+]CC(=N)N1CCN(c2c(F)cc3c(=O)c(C(=O)O)cn4c3c2OCC4C)CC1.[C-]#[N+]N=C(N)N1CCNCC1. The molecule has 4 saturated heterocycles. The minimum atomic E-state index is -1.41. The molecule has 3 unspecified atom stereocenters. The van der Waals surface area contributed by atoms with Gasteiger partial charge in [0.2, 0.25) is 22.1 Å². The number of benzene rings is 3. The fraction of sp³-hybridized carbons (Fsp3) is 0.443. The van der Waals surface area contributed by atoms with Crippen LogP contribution in [0.3, 0.4) is 0 Å². The highest BCUT2D eigenvalue weighted by Gasteiger charge is 2.34. The molecule has 6 aromatic rings. The molecule has 0 amide bonds. The highest BCUT2D eigenvalue weighted by atomic mass is 19.2. The van der Waals surface area contributed by atoms with Crippen molar-refractivity contribution in [3.63, 3.8) is 0 Å². The number of carboxylic acid groups (broad SMARTS) is 3. The van der Waals surface area contributed by atoms with E-state index < -0.39 is 68.6 Å². The Bertz CT molecular complexity index is 4170. The maximum atomic E-state index is 15.2. The van der Waals surface area contributed by atoms with Gasteiger partial charge in [0.1, 0.15) is 53.0 Å². The zero-order valence-electron chi connectivity index (χ0n) is 50.6. The Hall–Kier alpha value is -9.98. The van der Waals surface area contributed by atoms with Crippen molar-refractivity contribution in [1.29, 1.82) is 5.41 Å². The smallest absolute Gasteiger partial charge is 0.341 e. The Morgan fingerprint density at radius 3 is 1.34 bits per heavy atom. The van der Waals surface area contributed by atoms with Crippen LogP contribution in [0.15, 0.2) is 56.3 Å². The number of nitrogens with one attached hydrogen (secondary N) is 4. The molecule has 3 aromatic carbocycles. The molecule has 3 atom stereocenters. The summed E-state index contributed by atoms with van der Waals surface area (Å²) in [6.07, 6.45) is 7.99. The first-order valence-electron chi connectivity index (χ1n) is 29.8. The van der Waals surface area contributed by atoms with Crippen LogP contribution >= 0.6 is 0 Å². The van der Waals surface area contributed by atoms with Crippen molar-refractivity contribution >= 4 is 73.8 Å². The van der Waals surface area contributed by atoms with Gasteiger partial charge in [0, 0.05) is 97.1 Å². The molecule has 0 bridgehead atoms. The predicted molar refractivity (Wildman–Crippen MR) is 333 cm³/mol. The molecule has 9 N–H and O–H groups in total. The summed E-state index contributed by atoms with van der Waals surface area (Å²) in [6, 6.07) is 2.27. The van der Waals surface area contributed by atoms with Crippen molar-refractivity contribution < 1.29 is 61.5 Å². The molecule has 7 aliphatic heterocycles. The monoisotopic (exact) mass is 1280 g/mol. The summed E-state index contributed by atoms with van der Waals surface area (Å²) < 4.78 is 78.9. The number of piperidine rings is 1. The van der Waals surface area contributed by atoms with E-state index in [1.165, 1.54) is 49.3 Å². The highest BCUT2D eigenvalue weighted by molar-refractivity contribution is 5.99. The molecule has 488 valence electrons. The van der Waals surface area contributed by atoms with Crippen molar-refractivity contribution in [2.75, 3.05) is 128 Å². The van der Waals surface area contributed by atoms with Crippen LogP contribution in [0, 0.1) is 41.8 Å². The van der Waals surface area contributed by atoms with Crippen molar-refractivity contribution in [2.45, 2.75) is 58.2 Å². The van der Waals surface area contributed by atoms with Gasteiger partial charge in [0.15, 0.2) is 40.5 Å². The second-order valence-electron chi connectivity index (χ2n) is 22.6. The molecule has 0 radical (unpaired) electrons. The van der Waals surface area contributed by atoms with Crippen LogP contribution in [-0.2, 0) is 0 Å². The van der Waals surface area contributed by atoms with Crippen LogP contribution in [0.4, 0.5) is 28.9 Å². The molecule has 7 aliphatic rings. The van der Waals surface area contributed by atoms with E-state index in [9.17, 15) is 52.2 Å². The standard InChI is InChI=1S/C20H20FN5O4.C17H18FN3O4.C13H9F2NO4.C6H11N5.C5H11N/c1-11-10-30-19-16-12(18(27)13(20(28)29)9-26(11)16)7-14(21)17(19)25-5-3-24(4-6-25)15(22)8-23-2;1-9-8-25-16-13-10(15(22)11(17(23)24)7-21(9)13)6-12(18)14(16)20-4-2-19-3-5-20;1-5-4-20-12-9(15)8(14)2-6-10(12)16(5)3-7(11(6)17)13(18)19;1-8-10-6(7)11-4-2-9-3-5-11;1-2-4-6-5-3-1/h7,9,11,22H,3-6,8,10H2,1H3,(H,28,29);6-7,9,19H,2-5,8H2,1H3,(H,23,24);2-3,5H,4H2,1H3,(H,18,19);9H,2-5H2,(H2,7,10);6H,1-5H2. The van der Waals surface area contributed by atoms with Crippen LogP contribution in [0.1, 0.15) is 89.2 Å². The predicted octanol–water partition coefficient (Wildman–Crippen LogP) is 4.74. The Labute approximate surface area is 522 Å². The lowest BCUT2D eigenvalue weighted by Gasteiger charge is -2.38. The lowest BCUT2D eigenvalue weighted by Crippen LogP contribution is -2.49. The molecule has 0 saturated carbocycles. The number of piperazine rings is 3. The molecule has 3 aromatic heterocycles. The number of aromatic nitrogens is 3. The molecule has 13 rings (SSSR count). The maximum absolute atomic E-state index is 15.2. The maximum Gasteiger partial charge on any atom is 0.341 e. The average molecular weight is 1280 g/mol. The fourth-order valence-corrected chi connectivity index (χ4v) is 11.7. The molecule has 10 heterocycles. The minimum Gasteiger partial charge on any atom is -0.487 e. The van der Waals surface area contributed by atoms with Crippen LogP contribution in [0.25, 0.3) is 42.5 Å². The van der Waals surface area contributed by atoms with E-state index in [1.807, 2.05) is 28.5 Å². The van der Waals surface area contributed by atoms with Gasteiger partial charge in [-0.15, -0.1) is 4.95 Å². The van der Waals surface area contributed by atoms with E-state index in [0.717, 1.165) is 57.6 Å². The molecule has 4 fully saturated rings. The van der Waals surface area contributed by atoms with E-state index in [-0.39, 0.29) is 94.8 Å². The van der Waals surface area contributed by atoms with E-state index in [2.05, 4.69) is 30.9 Å². The number of amidine groups is 1. The second-order valence-corrected chi connectivity index (χ2v) is 22.6. The summed E-state index contributed by atoms with van der Waals surface area (Å²) >= 11 is 0. The Morgan fingerprint density at radius 1 is 0.576 bits per heavy atom. The molecular formula is C61H69F4N15O12. The normalized spacial score (nSPS) is 18.9. The quantitative estimate of drug-likeness (QED) is 0.0367. The number of anilines is 2. The number of hydrogen-bond donors (Lipinski definition) is 8. The summed E-state index contributed by atoms with van der Waals surface area (Å²) in [4.78, 5) is 84.7. The van der Waals surface area contributed by atoms with E-state index in [0.29, 0.717) is 73.8 Å². The Balaban J connectivity index is 0.000000146. The zero-order chi connectivity index (χ0) is 66.2. The van der Waals surface area contributed by atoms with Gasteiger partial charge in [-0.3, -0.25) is 19.8 Å². The fourth-order valence-electron chi connectivity index (χ4n) is 11.7. The van der Waals surface area contributed by atoms with Crippen LogP contribution in [-0.4, -0.2) is 187 Å². The number of nitrogens with two attached hydrogens (primary N) is 1. The zero-order valence-corrected chi connectivity index (χ0v) is 50.6. The highest BCUT2D eigenvalue weighted by Crippen LogP contribution is 2.44. The first-order chi connectivity index (χ1) is 44.1. The van der Waals surface area contributed by atoms with Gasteiger partial charge in [0.25, 0.3) is 12.5 Å². The van der Waals surface area contributed by atoms with Gasteiger partial charge in [-0.1, -0.05) is 6.42 Å². The van der Waals surface area contributed by atoms with Crippen LogP contribution < -0.4 is 62.0 Å². The number of rotatable bonds is 6. The lowest BCUT2D eigenvalue weighted by atomic mass is 10.1. The summed E-state index contributed by atoms with van der Waals surface area (Å²) in [6.45, 7) is 29.9. The number of carboxylic acids is 3. The largest absolute Gasteiger partial charge is 0.487 e. The number of hydrogen-bond acceptors (Lipinski definition) is 16. The topological polar surface area (TPSA) is 326 Å². The molecule has 0 spiro atoms. The van der Waals surface area contributed by atoms with Crippen molar-refractivity contribution in [3.8, 4) is 17.2 Å². The van der Waals surface area contributed by atoms with Gasteiger partial charge < -0.3 is 89.4 Å². The van der Waals surface area contributed by atoms with Gasteiger partial charge in [0.05, 0.1) is 50.8 Å². The number of carbonyl (C=O) groups is 3. The molecule has 27 nitrogen and oxygen atoms in total. The molecule has 31 heteroatoms. The molecule has 0 aliphatic carbocycles. The third kappa shape index (κ3) is 13.7. The van der Waals surface area contributed by atoms with Gasteiger partial charge >= 0.3 is 17.9 Å². The van der Waals surface area contributed by atoms with E-state index >= 15 is 4.39 Å². The minimum absolute atomic E-state index is 0.00870. The van der Waals surface area contributed by atoms with Crippen molar-refractivity contribution in [2.24, 2.45) is 10.8 Å². The number of halogens is 4. The number of pyridine rings is 3. The van der Waals surface area contributed by atoms with Crippen LogP contribution in [0.2, 0.25) is 0 Å². The second kappa shape index (κ2) is 28.9. The van der Waals surface area contributed by atoms with E-state index in [4.69, 9.17) is 43.6 Å². The number of ether oxygens (including phenoxy) is 3. The summed E-state index contributed by atoms with van der Waals surface area (Å²) in [5.74, 6) is -6.94. The van der Waals surface area contributed by atoms with Crippen molar-refractivity contribution in [1.82, 2.24) is 39.5 Å². The summed E-state index contributed by atoms with van der Waals surface area (Å²) in [5, 5.41) is 48.6. The Morgan fingerprint density at radius 2 is 0.957 bits per heavy atom. The molecule has 92 heavy (non-hydrogen) atoms. The lowest BCUT2D eigenvalue weighted by molar-refractivity contribution is 0.0683. The van der Waals surface area contributed by atoms with Crippen LogP contribution in [0.5, 0.6) is 17.2 Å². The molecular weight excluding hydrogens is 1210 g/mol.